The fourth-order valence-corrected chi connectivity index (χ4v) is 6.91. The Labute approximate surface area is 231 Å². The molecule has 3 amide bonds. The molecule has 202 valence electrons. The minimum atomic E-state index is -1.64. The number of thioether (sulfide) groups is 1. The highest BCUT2D eigenvalue weighted by Crippen LogP contribution is 2.66. The molecule has 3 aromatic carbocycles. The van der Waals surface area contributed by atoms with Crippen molar-refractivity contribution in [2.24, 2.45) is 0 Å². The predicted molar refractivity (Wildman–Crippen MR) is 148 cm³/mol. The van der Waals surface area contributed by atoms with E-state index in [1.165, 1.54) is 16.8 Å². The zero-order valence-electron chi connectivity index (χ0n) is 22.0. The summed E-state index contributed by atoms with van der Waals surface area (Å²) in [6.07, 6.45) is -1.60. The van der Waals surface area contributed by atoms with E-state index in [1.54, 1.807) is 43.0 Å². The first-order valence-electron chi connectivity index (χ1n) is 12.8. The summed E-state index contributed by atoms with van der Waals surface area (Å²) in [5, 5.41) is 0.865. The molecule has 2 unspecified atom stereocenters. The zero-order valence-corrected chi connectivity index (χ0v) is 22.8. The summed E-state index contributed by atoms with van der Waals surface area (Å²) in [6, 6.07) is 27.9. The van der Waals surface area contributed by atoms with E-state index in [1.807, 2.05) is 78.7 Å². The summed E-state index contributed by atoms with van der Waals surface area (Å²) < 4.78 is 11.0. The van der Waals surface area contributed by atoms with Gasteiger partial charge in [0.15, 0.2) is 0 Å². The number of hydrazine groups is 1. The van der Waals surface area contributed by atoms with E-state index in [9.17, 15) is 14.4 Å². The molecule has 5 rings (SSSR count). The number of hydrogen-bond acceptors (Lipinski definition) is 7. The van der Waals surface area contributed by atoms with Crippen LogP contribution in [-0.4, -0.2) is 58.4 Å². The average molecular weight is 547 g/mol. The van der Waals surface area contributed by atoms with E-state index in [4.69, 9.17) is 9.47 Å². The second kappa shape index (κ2) is 10.6. The SMILES string of the molecule is CCOC(=O)N1N(C(=O)OCC)C2(N(C)Cc3ccccc3)SC1(c1ccccc1)C(=O)N2c1ccccc1. The van der Waals surface area contributed by atoms with E-state index < -0.39 is 22.2 Å². The van der Waals surface area contributed by atoms with Gasteiger partial charge >= 0.3 is 12.2 Å². The Morgan fingerprint density at radius 2 is 1.31 bits per heavy atom. The lowest BCUT2D eigenvalue weighted by atomic mass is 10.0. The first kappa shape index (κ1) is 26.6. The molecule has 0 radical (unpaired) electrons. The van der Waals surface area contributed by atoms with Crippen molar-refractivity contribution in [3.8, 4) is 0 Å². The van der Waals surface area contributed by atoms with Crippen LogP contribution in [0, 0.1) is 0 Å². The van der Waals surface area contributed by atoms with Crippen molar-refractivity contribution in [3.05, 3.63) is 102 Å². The molecule has 0 spiro atoms. The van der Waals surface area contributed by atoms with Crippen LogP contribution in [0.5, 0.6) is 0 Å². The smallest absolute Gasteiger partial charge is 0.433 e. The Morgan fingerprint density at radius 3 is 1.87 bits per heavy atom. The van der Waals surface area contributed by atoms with Crippen LogP contribution < -0.4 is 4.90 Å². The number of ether oxygens (including phenoxy) is 2. The first-order valence-corrected chi connectivity index (χ1v) is 13.6. The van der Waals surface area contributed by atoms with Crippen LogP contribution in [0.2, 0.25) is 0 Å². The second-order valence-electron chi connectivity index (χ2n) is 9.03. The van der Waals surface area contributed by atoms with Gasteiger partial charge in [-0.15, -0.1) is 0 Å². The molecule has 3 aromatic rings. The van der Waals surface area contributed by atoms with Crippen molar-refractivity contribution in [2.45, 2.75) is 30.4 Å². The Morgan fingerprint density at radius 1 is 0.795 bits per heavy atom. The molecule has 2 saturated heterocycles. The summed E-state index contributed by atoms with van der Waals surface area (Å²) in [6.45, 7) is 3.87. The molecule has 39 heavy (non-hydrogen) atoms. The lowest BCUT2D eigenvalue weighted by Crippen LogP contribution is -2.75. The number of rotatable bonds is 7. The molecule has 2 atom stereocenters. The molecule has 2 bridgehead atoms. The van der Waals surface area contributed by atoms with Crippen molar-refractivity contribution in [2.75, 3.05) is 25.2 Å². The monoisotopic (exact) mass is 546 g/mol. The van der Waals surface area contributed by atoms with E-state index in [-0.39, 0.29) is 19.1 Å². The number of carbonyl (C=O) groups excluding carboxylic acids is 3. The van der Waals surface area contributed by atoms with Gasteiger partial charge in [-0.05, 0) is 55.9 Å². The van der Waals surface area contributed by atoms with Crippen molar-refractivity contribution in [1.29, 1.82) is 0 Å². The fraction of sp³-hybridized carbons (Fsp3) is 0.276. The van der Waals surface area contributed by atoms with E-state index in [2.05, 4.69) is 0 Å². The molecular formula is C29H30N4O5S. The Hall–Kier alpha value is -4.02. The maximum atomic E-state index is 14.7. The molecule has 0 aromatic heterocycles. The van der Waals surface area contributed by atoms with Crippen molar-refractivity contribution in [1.82, 2.24) is 14.9 Å². The summed E-state index contributed by atoms with van der Waals surface area (Å²) in [7, 11) is 1.82. The molecule has 10 heteroatoms. The molecule has 0 aliphatic carbocycles. The number of carbonyl (C=O) groups is 3. The van der Waals surface area contributed by atoms with Gasteiger partial charge in [0.25, 0.3) is 11.0 Å². The molecule has 0 saturated carbocycles. The zero-order chi connectivity index (χ0) is 27.6. The summed E-state index contributed by atoms with van der Waals surface area (Å²) in [5.41, 5.74) is 2.08. The van der Waals surface area contributed by atoms with Crippen molar-refractivity contribution in [3.63, 3.8) is 0 Å². The normalized spacial score (nSPS) is 21.9. The van der Waals surface area contributed by atoms with Crippen molar-refractivity contribution >= 4 is 35.5 Å². The molecule has 2 heterocycles. The minimum absolute atomic E-state index is 0.0605. The third-order valence-electron chi connectivity index (χ3n) is 6.66. The fourth-order valence-electron chi connectivity index (χ4n) is 5.10. The minimum Gasteiger partial charge on any atom is -0.448 e. The number of amides is 3. The number of benzene rings is 3. The third kappa shape index (κ3) is 4.11. The van der Waals surface area contributed by atoms with Gasteiger partial charge < -0.3 is 9.47 Å². The number of hydrogen-bond donors (Lipinski definition) is 0. The van der Waals surface area contributed by atoms with Crippen LogP contribution in [0.25, 0.3) is 0 Å². The summed E-state index contributed by atoms with van der Waals surface area (Å²) >= 11 is 1.19. The highest BCUT2D eigenvalue weighted by atomic mass is 32.2. The van der Waals surface area contributed by atoms with Crippen LogP contribution in [0.15, 0.2) is 91.0 Å². The average Bonchev–Trinajstić information content (AvgIpc) is 3.43. The maximum Gasteiger partial charge on any atom is 0.433 e. The van der Waals surface area contributed by atoms with Crippen molar-refractivity contribution < 1.29 is 23.9 Å². The molecule has 9 nitrogen and oxygen atoms in total. The lowest BCUT2D eigenvalue weighted by molar-refractivity contribution is -0.158. The van der Waals surface area contributed by atoms with Gasteiger partial charge in [-0.2, -0.15) is 10.0 Å². The van der Waals surface area contributed by atoms with Gasteiger partial charge in [0.1, 0.15) is 0 Å². The molecule has 0 N–H and O–H groups in total. The topological polar surface area (TPSA) is 82.6 Å². The largest absolute Gasteiger partial charge is 0.448 e. The molecule has 2 aliphatic heterocycles. The molecular weight excluding hydrogens is 516 g/mol. The highest BCUT2D eigenvalue weighted by molar-refractivity contribution is 8.03. The van der Waals surface area contributed by atoms with Gasteiger partial charge in [0.05, 0.1) is 13.2 Å². The van der Waals surface area contributed by atoms with Crippen LogP contribution in [0.4, 0.5) is 15.3 Å². The second-order valence-corrected chi connectivity index (χ2v) is 10.4. The summed E-state index contributed by atoms with van der Waals surface area (Å²) in [5.74, 6) is -0.376. The quantitative estimate of drug-likeness (QED) is 0.402. The number of nitrogens with zero attached hydrogens (tertiary/aromatic N) is 4. The van der Waals surface area contributed by atoms with Crippen LogP contribution in [-0.2, 0) is 25.7 Å². The van der Waals surface area contributed by atoms with Gasteiger partial charge in [0.2, 0.25) is 4.87 Å². The van der Waals surface area contributed by atoms with Gasteiger partial charge in [0, 0.05) is 12.2 Å². The Balaban J connectivity index is 1.80. The Kier molecular flexibility index (Phi) is 7.24. The van der Waals surface area contributed by atoms with Gasteiger partial charge in [-0.1, -0.05) is 78.9 Å². The third-order valence-corrected chi connectivity index (χ3v) is 8.48. The standard InChI is InChI=1S/C29H30N4O5S/c1-4-37-26(35)32-28(23-17-11-7-12-18-23)25(34)31(24-19-13-8-14-20-24)29(39-28,33(32)27(36)38-5-2)30(3)21-22-15-9-6-10-16-22/h6-20H,4-5,21H2,1-3H3. The number of para-hydroxylation sites is 1. The number of anilines is 1. The maximum absolute atomic E-state index is 14.7. The molecule has 2 aliphatic rings. The van der Waals surface area contributed by atoms with Crippen LogP contribution in [0.1, 0.15) is 25.0 Å². The van der Waals surface area contributed by atoms with Gasteiger partial charge in [-0.3, -0.25) is 14.6 Å². The highest BCUT2D eigenvalue weighted by Gasteiger charge is 2.80. The summed E-state index contributed by atoms with van der Waals surface area (Å²) in [4.78, 5) is 44.1. The van der Waals surface area contributed by atoms with Crippen LogP contribution >= 0.6 is 11.8 Å². The van der Waals surface area contributed by atoms with E-state index in [0.717, 1.165) is 10.6 Å². The van der Waals surface area contributed by atoms with E-state index in [0.29, 0.717) is 17.8 Å². The van der Waals surface area contributed by atoms with E-state index >= 15 is 0 Å². The van der Waals surface area contributed by atoms with Crippen LogP contribution in [0.3, 0.4) is 0 Å². The van der Waals surface area contributed by atoms with Gasteiger partial charge in [-0.25, -0.2) is 9.59 Å². The number of fused-ring (bicyclic) bond motifs is 2. The molecule has 2 fully saturated rings. The Bertz CT molecular complexity index is 1350. The predicted octanol–water partition coefficient (Wildman–Crippen LogP) is 5.21. The first-order chi connectivity index (χ1) is 18.9. The lowest BCUT2D eigenvalue weighted by Gasteiger charge is -2.51.